The molecular weight excluding hydrogens is 337 g/mol. The van der Waals surface area contributed by atoms with E-state index in [1.54, 1.807) is 24.3 Å². The van der Waals surface area contributed by atoms with Crippen LogP contribution in [0.4, 0.5) is 18.9 Å². The number of carbonyl (C=O) groups excluding carboxylic acids is 1. The summed E-state index contributed by atoms with van der Waals surface area (Å²) in [6.07, 6.45) is -4.65. The lowest BCUT2D eigenvalue weighted by molar-refractivity contribution is -0.187. The summed E-state index contributed by atoms with van der Waals surface area (Å²) < 4.78 is 39.1. The Kier molecular flexibility index (Phi) is 5.59. The van der Waals surface area contributed by atoms with Gasteiger partial charge in [-0.05, 0) is 38.1 Å². The van der Waals surface area contributed by atoms with Crippen molar-refractivity contribution in [3.05, 3.63) is 29.8 Å². The molecule has 2 rings (SSSR count). The Hall–Kier alpha value is -2.25. The molecule has 1 saturated heterocycles. The van der Waals surface area contributed by atoms with Crippen LogP contribution in [0.5, 0.6) is 0 Å². The van der Waals surface area contributed by atoms with Crippen molar-refractivity contribution in [1.82, 2.24) is 4.90 Å². The minimum absolute atomic E-state index is 0.253. The first-order chi connectivity index (χ1) is 11.7. The molecule has 5 nitrogen and oxygen atoms in total. The Labute approximate surface area is 144 Å². The van der Waals surface area contributed by atoms with E-state index < -0.39 is 43.0 Å². The maximum absolute atomic E-state index is 13.0. The molecule has 1 N–H and O–H groups in total. The minimum atomic E-state index is -4.65. The highest BCUT2D eigenvalue weighted by Gasteiger charge is 2.53. The topological polar surface area (TPSA) is 60.9 Å². The van der Waals surface area contributed by atoms with Gasteiger partial charge in [-0.3, -0.25) is 9.59 Å². The average Bonchev–Trinajstić information content (AvgIpc) is 3.02. The highest BCUT2D eigenvalue weighted by Crippen LogP contribution is 2.38. The zero-order valence-corrected chi connectivity index (χ0v) is 14.1. The lowest BCUT2D eigenvalue weighted by Gasteiger charge is -2.22. The second kappa shape index (κ2) is 7.33. The number of halogens is 3. The van der Waals surface area contributed by atoms with Crippen molar-refractivity contribution in [2.24, 2.45) is 11.8 Å². The van der Waals surface area contributed by atoms with Crippen molar-refractivity contribution in [2.75, 3.05) is 31.1 Å². The maximum Gasteiger partial charge on any atom is 0.394 e. The van der Waals surface area contributed by atoms with Crippen LogP contribution in [0.25, 0.3) is 0 Å². The lowest BCUT2D eigenvalue weighted by atomic mass is 9.96. The number of amides is 1. The van der Waals surface area contributed by atoms with Crippen LogP contribution >= 0.6 is 0 Å². The molecule has 0 saturated carbocycles. The fraction of sp³-hybridized carbons (Fsp3) is 0.529. The summed E-state index contributed by atoms with van der Waals surface area (Å²) in [5.74, 6) is -5.78. The largest absolute Gasteiger partial charge is 0.481 e. The van der Waals surface area contributed by atoms with Crippen molar-refractivity contribution >= 4 is 17.6 Å². The van der Waals surface area contributed by atoms with Gasteiger partial charge in [0.25, 0.3) is 5.91 Å². The van der Waals surface area contributed by atoms with Crippen LogP contribution in [-0.4, -0.2) is 54.2 Å². The zero-order chi connectivity index (χ0) is 18.8. The van der Waals surface area contributed by atoms with E-state index in [9.17, 15) is 22.8 Å². The number of anilines is 1. The summed E-state index contributed by atoms with van der Waals surface area (Å²) in [6.45, 7) is 4.52. The van der Waals surface area contributed by atoms with Crippen molar-refractivity contribution < 1.29 is 27.9 Å². The molecule has 25 heavy (non-hydrogen) atoms. The maximum atomic E-state index is 13.0. The SMILES string of the molecule is CCN(CC)c1ccc(C(=O)N2C[C@@H](C(F)(F)F)[C@H](C(=O)O)C2)cc1. The van der Waals surface area contributed by atoms with Gasteiger partial charge in [0.1, 0.15) is 0 Å². The number of benzene rings is 1. The predicted molar refractivity (Wildman–Crippen MR) is 86.6 cm³/mol. The molecule has 8 heteroatoms. The molecule has 0 bridgehead atoms. The molecule has 0 radical (unpaired) electrons. The molecule has 0 spiro atoms. The Balaban J connectivity index is 2.17. The van der Waals surface area contributed by atoms with Crippen molar-refractivity contribution in [2.45, 2.75) is 20.0 Å². The van der Waals surface area contributed by atoms with E-state index in [1.807, 2.05) is 13.8 Å². The minimum Gasteiger partial charge on any atom is -0.481 e. The van der Waals surface area contributed by atoms with E-state index >= 15 is 0 Å². The normalized spacial score (nSPS) is 20.6. The molecule has 1 aromatic carbocycles. The Morgan fingerprint density at radius 3 is 2.12 bits per heavy atom. The van der Waals surface area contributed by atoms with Gasteiger partial charge in [0, 0.05) is 37.4 Å². The molecule has 138 valence electrons. The first-order valence-electron chi connectivity index (χ1n) is 8.12. The van der Waals surface area contributed by atoms with Crippen molar-refractivity contribution in [3.8, 4) is 0 Å². The molecule has 1 heterocycles. The van der Waals surface area contributed by atoms with Gasteiger partial charge >= 0.3 is 12.1 Å². The summed E-state index contributed by atoms with van der Waals surface area (Å²) in [7, 11) is 0. The average molecular weight is 358 g/mol. The van der Waals surface area contributed by atoms with E-state index in [0.717, 1.165) is 23.7 Å². The van der Waals surface area contributed by atoms with Crippen LogP contribution in [0, 0.1) is 11.8 Å². The van der Waals surface area contributed by atoms with Gasteiger partial charge in [0.15, 0.2) is 0 Å². The predicted octanol–water partition coefficient (Wildman–Crippen LogP) is 2.87. The Morgan fingerprint density at radius 1 is 1.16 bits per heavy atom. The Morgan fingerprint density at radius 2 is 1.72 bits per heavy atom. The highest BCUT2D eigenvalue weighted by atomic mass is 19.4. The number of nitrogens with zero attached hydrogens (tertiary/aromatic N) is 2. The van der Waals surface area contributed by atoms with Crippen LogP contribution in [0.1, 0.15) is 24.2 Å². The van der Waals surface area contributed by atoms with Gasteiger partial charge < -0.3 is 14.9 Å². The molecule has 0 aliphatic carbocycles. The van der Waals surface area contributed by atoms with E-state index in [2.05, 4.69) is 4.90 Å². The Bertz CT molecular complexity index is 627. The molecule has 1 amide bonds. The second-order valence-corrected chi connectivity index (χ2v) is 6.02. The lowest BCUT2D eigenvalue weighted by Crippen LogP contribution is -2.34. The molecule has 0 unspecified atom stereocenters. The summed E-state index contributed by atoms with van der Waals surface area (Å²) in [5, 5.41) is 9.03. The highest BCUT2D eigenvalue weighted by molar-refractivity contribution is 5.95. The molecule has 1 fully saturated rings. The first-order valence-corrected chi connectivity index (χ1v) is 8.12. The molecule has 1 aliphatic heterocycles. The van der Waals surface area contributed by atoms with Crippen LogP contribution < -0.4 is 4.90 Å². The third-order valence-electron chi connectivity index (χ3n) is 4.59. The van der Waals surface area contributed by atoms with Crippen LogP contribution in [0.2, 0.25) is 0 Å². The number of hydrogen-bond acceptors (Lipinski definition) is 3. The summed E-state index contributed by atoms with van der Waals surface area (Å²) in [5.41, 5.74) is 1.17. The van der Waals surface area contributed by atoms with Crippen molar-refractivity contribution in [1.29, 1.82) is 0 Å². The number of carboxylic acids is 1. The summed E-state index contributed by atoms with van der Waals surface area (Å²) in [6, 6.07) is 6.61. The van der Waals surface area contributed by atoms with E-state index in [4.69, 9.17) is 5.11 Å². The third-order valence-corrected chi connectivity index (χ3v) is 4.59. The zero-order valence-electron chi connectivity index (χ0n) is 14.1. The third kappa shape index (κ3) is 4.05. The number of likely N-dealkylation sites (tertiary alicyclic amines) is 1. The molecule has 0 aromatic heterocycles. The fourth-order valence-corrected chi connectivity index (χ4v) is 3.14. The smallest absolute Gasteiger partial charge is 0.394 e. The monoisotopic (exact) mass is 358 g/mol. The number of hydrogen-bond donors (Lipinski definition) is 1. The van der Waals surface area contributed by atoms with Crippen molar-refractivity contribution in [3.63, 3.8) is 0 Å². The summed E-state index contributed by atoms with van der Waals surface area (Å²) >= 11 is 0. The van der Waals surface area contributed by atoms with E-state index in [-0.39, 0.29) is 5.56 Å². The van der Waals surface area contributed by atoms with Crippen LogP contribution in [0.15, 0.2) is 24.3 Å². The van der Waals surface area contributed by atoms with E-state index in [0.29, 0.717) is 0 Å². The number of carboxylic acid groups (broad SMARTS) is 1. The molecule has 2 atom stereocenters. The van der Waals surface area contributed by atoms with E-state index in [1.165, 1.54) is 0 Å². The van der Waals surface area contributed by atoms with Gasteiger partial charge in [-0.25, -0.2) is 0 Å². The second-order valence-electron chi connectivity index (χ2n) is 6.02. The summed E-state index contributed by atoms with van der Waals surface area (Å²) in [4.78, 5) is 26.6. The number of aliphatic carboxylic acids is 1. The number of carbonyl (C=O) groups is 2. The number of alkyl halides is 3. The van der Waals surface area contributed by atoms with Gasteiger partial charge in [-0.1, -0.05) is 0 Å². The fourth-order valence-electron chi connectivity index (χ4n) is 3.14. The van der Waals surface area contributed by atoms with Gasteiger partial charge in [-0.2, -0.15) is 13.2 Å². The van der Waals surface area contributed by atoms with Gasteiger partial charge in [0.05, 0.1) is 11.8 Å². The molecule has 1 aromatic rings. The van der Waals surface area contributed by atoms with Crippen LogP contribution in [-0.2, 0) is 4.79 Å². The number of rotatable bonds is 5. The quantitative estimate of drug-likeness (QED) is 0.879. The first kappa shape index (κ1) is 19.1. The molecular formula is C17H21F3N2O3. The standard InChI is InChI=1S/C17H21F3N2O3/c1-3-21(4-2)12-7-5-11(6-8-12)15(23)22-9-13(16(24)25)14(10-22)17(18,19)20/h5-8,13-14H,3-4,9-10H2,1-2H3,(H,24,25)/t13-,14-/m1/s1. The van der Waals surface area contributed by atoms with Gasteiger partial charge in [0.2, 0.25) is 0 Å². The van der Waals surface area contributed by atoms with Crippen LogP contribution in [0.3, 0.4) is 0 Å². The molecule has 1 aliphatic rings. The van der Waals surface area contributed by atoms with Gasteiger partial charge in [-0.15, -0.1) is 0 Å².